The highest BCUT2D eigenvalue weighted by atomic mass is 32.2. The summed E-state index contributed by atoms with van der Waals surface area (Å²) in [6, 6.07) is 13.4. The first kappa shape index (κ1) is 22.9. The summed E-state index contributed by atoms with van der Waals surface area (Å²) in [5, 5.41) is 3.70. The lowest BCUT2D eigenvalue weighted by atomic mass is 10.1. The summed E-state index contributed by atoms with van der Waals surface area (Å²) in [5.41, 5.74) is 4.22. The van der Waals surface area contributed by atoms with Gasteiger partial charge in [-0.15, -0.1) is 0 Å². The number of hydrogen-bond donors (Lipinski definition) is 1. The number of imidazole rings is 1. The van der Waals surface area contributed by atoms with Gasteiger partial charge in [0.25, 0.3) is 0 Å². The van der Waals surface area contributed by atoms with Crippen molar-refractivity contribution in [3.63, 3.8) is 0 Å². The van der Waals surface area contributed by atoms with E-state index in [0.717, 1.165) is 34.8 Å². The average Bonchev–Trinajstić information content (AvgIpc) is 3.14. The van der Waals surface area contributed by atoms with Crippen LogP contribution in [0.5, 0.6) is 0 Å². The molecule has 2 aromatic carbocycles. The van der Waals surface area contributed by atoms with Gasteiger partial charge in [0, 0.05) is 12.2 Å². The maximum Gasteiger partial charge on any atom is 0.338 e. The van der Waals surface area contributed by atoms with E-state index in [1.165, 1.54) is 30.2 Å². The summed E-state index contributed by atoms with van der Waals surface area (Å²) in [4.78, 5) is 29.1. The van der Waals surface area contributed by atoms with Crippen LogP contribution in [0.2, 0.25) is 0 Å². The summed E-state index contributed by atoms with van der Waals surface area (Å²) in [7, 11) is 0. The van der Waals surface area contributed by atoms with Gasteiger partial charge < -0.3 is 14.6 Å². The zero-order chi connectivity index (χ0) is 22.2. The fraction of sp³-hybridized carbons (Fsp3) is 0.375. The van der Waals surface area contributed by atoms with Gasteiger partial charge in [-0.3, -0.25) is 4.79 Å². The third-order valence-corrected chi connectivity index (χ3v) is 5.91. The smallest absolute Gasteiger partial charge is 0.338 e. The molecule has 0 aliphatic carbocycles. The molecule has 7 heteroatoms. The fourth-order valence-corrected chi connectivity index (χ4v) is 4.21. The molecular formula is C24H29N3O3S. The number of carbonyl (C=O) groups excluding carboxylic acids is 2. The standard InChI is InChI=1S/C24H29N3O3S/c1-4-7-8-17-9-12-19(13-10-17)25-22(28)16-31-24-26-20-15-18(23(29)30-6-3)11-14-21(20)27(24)5-2/h9-15H,4-8,16H2,1-3H3,(H,25,28). The number of unbranched alkanes of at least 4 members (excludes halogenated alkanes) is 1. The van der Waals surface area contributed by atoms with Gasteiger partial charge in [0.1, 0.15) is 0 Å². The lowest BCUT2D eigenvalue weighted by molar-refractivity contribution is -0.113. The molecule has 1 aromatic heterocycles. The lowest BCUT2D eigenvalue weighted by Crippen LogP contribution is -2.14. The number of amides is 1. The van der Waals surface area contributed by atoms with E-state index in [2.05, 4.69) is 29.4 Å². The highest BCUT2D eigenvalue weighted by molar-refractivity contribution is 7.99. The minimum atomic E-state index is -0.357. The molecule has 1 heterocycles. The van der Waals surface area contributed by atoms with Gasteiger partial charge in [-0.2, -0.15) is 0 Å². The Bertz CT molecular complexity index is 1040. The second-order valence-corrected chi connectivity index (χ2v) is 8.14. The molecule has 6 nitrogen and oxygen atoms in total. The van der Waals surface area contributed by atoms with Gasteiger partial charge in [-0.05, 0) is 62.6 Å². The molecule has 0 spiro atoms. The third kappa shape index (κ3) is 5.88. The first-order chi connectivity index (χ1) is 15.0. The molecule has 1 amide bonds. The van der Waals surface area contributed by atoms with E-state index in [9.17, 15) is 9.59 Å². The molecule has 0 fully saturated rings. The minimum absolute atomic E-state index is 0.0757. The van der Waals surface area contributed by atoms with Crippen LogP contribution >= 0.6 is 11.8 Å². The Morgan fingerprint density at radius 2 is 1.87 bits per heavy atom. The van der Waals surface area contributed by atoms with Crippen LogP contribution in [0, 0.1) is 0 Å². The number of rotatable bonds is 10. The third-order valence-electron chi connectivity index (χ3n) is 4.93. The molecule has 0 saturated carbocycles. The van der Waals surface area contributed by atoms with Crippen molar-refractivity contribution in [2.24, 2.45) is 0 Å². The second-order valence-electron chi connectivity index (χ2n) is 7.20. The zero-order valence-electron chi connectivity index (χ0n) is 18.3. The van der Waals surface area contributed by atoms with Gasteiger partial charge in [0.05, 0.1) is 29.0 Å². The molecule has 1 N–H and O–H groups in total. The number of hydrogen-bond acceptors (Lipinski definition) is 5. The van der Waals surface area contributed by atoms with Crippen molar-refractivity contribution in [1.82, 2.24) is 9.55 Å². The second kappa shape index (κ2) is 11.0. The maximum absolute atomic E-state index is 12.4. The molecule has 31 heavy (non-hydrogen) atoms. The number of nitrogens with one attached hydrogen (secondary N) is 1. The van der Waals surface area contributed by atoms with E-state index in [1.807, 2.05) is 29.7 Å². The number of ether oxygens (including phenoxy) is 1. The molecule has 0 saturated heterocycles. The highest BCUT2D eigenvalue weighted by Gasteiger charge is 2.15. The summed E-state index contributed by atoms with van der Waals surface area (Å²) in [6.07, 6.45) is 3.40. The normalized spacial score (nSPS) is 10.9. The topological polar surface area (TPSA) is 73.2 Å². The highest BCUT2D eigenvalue weighted by Crippen LogP contribution is 2.25. The van der Waals surface area contributed by atoms with E-state index in [4.69, 9.17) is 4.74 Å². The molecule has 0 aliphatic rings. The van der Waals surface area contributed by atoms with Crippen molar-refractivity contribution in [1.29, 1.82) is 0 Å². The molecule has 164 valence electrons. The van der Waals surface area contributed by atoms with Crippen LogP contribution in [0.15, 0.2) is 47.6 Å². The van der Waals surface area contributed by atoms with Crippen molar-refractivity contribution in [2.45, 2.75) is 51.7 Å². The Morgan fingerprint density at radius 1 is 1.10 bits per heavy atom. The molecule has 0 atom stereocenters. The minimum Gasteiger partial charge on any atom is -0.462 e. The van der Waals surface area contributed by atoms with Crippen molar-refractivity contribution in [2.75, 3.05) is 17.7 Å². The van der Waals surface area contributed by atoms with Gasteiger partial charge in [-0.1, -0.05) is 37.2 Å². The van der Waals surface area contributed by atoms with E-state index >= 15 is 0 Å². The van der Waals surface area contributed by atoms with Crippen LogP contribution in [-0.4, -0.2) is 33.8 Å². The lowest BCUT2D eigenvalue weighted by Gasteiger charge is -2.08. The van der Waals surface area contributed by atoms with E-state index in [0.29, 0.717) is 12.2 Å². The van der Waals surface area contributed by atoms with Crippen LogP contribution in [0.1, 0.15) is 49.5 Å². The monoisotopic (exact) mass is 439 g/mol. The van der Waals surface area contributed by atoms with Gasteiger partial charge in [-0.25, -0.2) is 9.78 Å². The molecule has 0 bridgehead atoms. The van der Waals surface area contributed by atoms with Crippen LogP contribution in [0.4, 0.5) is 5.69 Å². The van der Waals surface area contributed by atoms with Crippen molar-refractivity contribution >= 4 is 40.4 Å². The number of esters is 1. The van der Waals surface area contributed by atoms with Crippen LogP contribution < -0.4 is 5.32 Å². The first-order valence-corrected chi connectivity index (χ1v) is 11.7. The Kier molecular flexibility index (Phi) is 8.12. The number of aryl methyl sites for hydroxylation is 2. The Morgan fingerprint density at radius 3 is 2.55 bits per heavy atom. The summed E-state index contributed by atoms with van der Waals surface area (Å²) in [5.74, 6) is -0.177. The number of fused-ring (bicyclic) bond motifs is 1. The molecule has 0 aliphatic heterocycles. The largest absolute Gasteiger partial charge is 0.462 e. The molecule has 3 rings (SSSR count). The quantitative estimate of drug-likeness (QED) is 0.342. The average molecular weight is 440 g/mol. The van der Waals surface area contributed by atoms with Crippen LogP contribution in [0.3, 0.4) is 0 Å². The Labute approximate surface area is 187 Å². The van der Waals surface area contributed by atoms with Crippen LogP contribution in [-0.2, 0) is 22.5 Å². The molecule has 0 radical (unpaired) electrons. The SMILES string of the molecule is CCCCc1ccc(NC(=O)CSc2nc3cc(C(=O)OCC)ccc3n2CC)cc1. The Hall–Kier alpha value is -2.80. The molecule has 3 aromatic rings. The predicted octanol–water partition coefficient (Wildman–Crippen LogP) is 5.31. The van der Waals surface area contributed by atoms with Crippen molar-refractivity contribution in [3.8, 4) is 0 Å². The number of carbonyl (C=O) groups is 2. The van der Waals surface area contributed by atoms with E-state index < -0.39 is 0 Å². The Balaban J connectivity index is 1.65. The summed E-state index contributed by atoms with van der Waals surface area (Å²) < 4.78 is 7.12. The van der Waals surface area contributed by atoms with Gasteiger partial charge in [0.2, 0.25) is 5.91 Å². The predicted molar refractivity (Wildman–Crippen MR) is 126 cm³/mol. The number of anilines is 1. The van der Waals surface area contributed by atoms with Crippen LogP contribution in [0.25, 0.3) is 11.0 Å². The van der Waals surface area contributed by atoms with Gasteiger partial charge in [0.15, 0.2) is 5.16 Å². The van der Waals surface area contributed by atoms with E-state index in [1.54, 1.807) is 19.1 Å². The summed E-state index contributed by atoms with van der Waals surface area (Å²) in [6.45, 7) is 7.04. The number of nitrogens with zero attached hydrogens (tertiary/aromatic N) is 2. The molecular weight excluding hydrogens is 410 g/mol. The maximum atomic E-state index is 12.4. The van der Waals surface area contributed by atoms with Crippen molar-refractivity contribution < 1.29 is 14.3 Å². The zero-order valence-corrected chi connectivity index (χ0v) is 19.1. The number of benzene rings is 2. The summed E-state index contributed by atoms with van der Waals surface area (Å²) >= 11 is 1.39. The van der Waals surface area contributed by atoms with E-state index in [-0.39, 0.29) is 17.6 Å². The number of thioether (sulfide) groups is 1. The number of aromatic nitrogens is 2. The molecule has 0 unspecified atom stereocenters. The van der Waals surface area contributed by atoms with Gasteiger partial charge >= 0.3 is 5.97 Å². The van der Waals surface area contributed by atoms with Crippen molar-refractivity contribution in [3.05, 3.63) is 53.6 Å². The first-order valence-electron chi connectivity index (χ1n) is 10.7. The fourth-order valence-electron chi connectivity index (χ4n) is 3.33.